The summed E-state index contributed by atoms with van der Waals surface area (Å²) in [6.45, 7) is 3.97. The smallest absolute Gasteiger partial charge is 0.407 e. The zero-order valence-electron chi connectivity index (χ0n) is 11.8. The zero-order chi connectivity index (χ0) is 14.6. The molecule has 1 atom stereocenters. The average molecular weight is 297 g/mol. The second-order valence-corrected chi connectivity index (χ2v) is 6.81. The van der Waals surface area contributed by atoms with Gasteiger partial charge in [0.15, 0.2) is 6.21 Å². The van der Waals surface area contributed by atoms with Crippen LogP contribution in [-0.2, 0) is 18.9 Å². The Bertz CT molecular complexity index is 521. The summed E-state index contributed by atoms with van der Waals surface area (Å²) < 4.78 is 24.9. The Hall–Kier alpha value is -1.16. The molecule has 110 valence electrons. The molecule has 2 rings (SSSR count). The van der Waals surface area contributed by atoms with Crippen LogP contribution in [0.15, 0.2) is 30.3 Å². The first kappa shape index (κ1) is 15.2. The van der Waals surface area contributed by atoms with E-state index in [4.69, 9.17) is 9.05 Å². The highest BCUT2D eigenvalue weighted by molar-refractivity contribution is 7.54. The Kier molecular flexibility index (Phi) is 4.63. The summed E-state index contributed by atoms with van der Waals surface area (Å²) in [7, 11) is -3.59. The fourth-order valence-electron chi connectivity index (χ4n) is 2.63. The van der Waals surface area contributed by atoms with E-state index < -0.39 is 12.9 Å². The maximum Gasteiger partial charge on any atom is 0.407 e. The first-order valence-corrected chi connectivity index (χ1v) is 8.39. The molecule has 0 N–H and O–H groups in total. The van der Waals surface area contributed by atoms with E-state index in [2.05, 4.69) is 0 Å². The van der Waals surface area contributed by atoms with Crippen LogP contribution in [0, 0.1) is 5.21 Å². The number of rotatable bonds is 6. The molecule has 1 heterocycles. The molecule has 0 aliphatic carbocycles. The third kappa shape index (κ3) is 2.30. The minimum atomic E-state index is -3.59. The van der Waals surface area contributed by atoms with E-state index in [-0.39, 0.29) is 13.2 Å². The molecular weight excluding hydrogens is 277 g/mol. The SMILES string of the molecule is CCOP(=O)(OCC)C1(c2ccccc2)CCC=[N+]1[O-]. The van der Waals surface area contributed by atoms with E-state index in [0.29, 0.717) is 18.4 Å². The molecule has 0 spiro atoms. The standard InChI is InChI=1S/C14H20NO4P/c1-3-18-20(17,19-4-2)14(11-8-12-15(14)16)13-9-6-5-7-10-13/h5-7,9-10,12H,3-4,8,11H2,1-2H3. The zero-order valence-corrected chi connectivity index (χ0v) is 12.7. The predicted molar refractivity (Wildman–Crippen MR) is 77.9 cm³/mol. The lowest BCUT2D eigenvalue weighted by atomic mass is 10.0. The summed E-state index contributed by atoms with van der Waals surface area (Å²) in [5.74, 6) is 0. The lowest BCUT2D eigenvalue weighted by molar-refractivity contribution is -0.520. The van der Waals surface area contributed by atoms with Crippen molar-refractivity contribution in [3.8, 4) is 0 Å². The van der Waals surface area contributed by atoms with Gasteiger partial charge in [0.2, 0.25) is 0 Å². The maximum absolute atomic E-state index is 13.2. The second kappa shape index (κ2) is 6.08. The van der Waals surface area contributed by atoms with Crippen LogP contribution < -0.4 is 0 Å². The molecule has 20 heavy (non-hydrogen) atoms. The van der Waals surface area contributed by atoms with Gasteiger partial charge in [0, 0.05) is 18.4 Å². The van der Waals surface area contributed by atoms with Crippen molar-refractivity contribution in [2.24, 2.45) is 0 Å². The van der Waals surface area contributed by atoms with Gasteiger partial charge in [-0.3, -0.25) is 4.57 Å². The van der Waals surface area contributed by atoms with Crippen LogP contribution in [0.2, 0.25) is 0 Å². The first-order valence-electron chi connectivity index (χ1n) is 6.85. The first-order chi connectivity index (χ1) is 9.60. The van der Waals surface area contributed by atoms with E-state index in [1.165, 1.54) is 6.21 Å². The third-order valence-electron chi connectivity index (χ3n) is 3.44. The molecule has 0 saturated carbocycles. The molecule has 1 aromatic rings. The Morgan fingerprint density at radius 3 is 2.30 bits per heavy atom. The van der Waals surface area contributed by atoms with Crippen molar-refractivity contribution in [1.29, 1.82) is 0 Å². The number of hydrogen-bond acceptors (Lipinski definition) is 4. The van der Waals surface area contributed by atoms with Gasteiger partial charge in [0.05, 0.1) is 13.2 Å². The van der Waals surface area contributed by atoms with Gasteiger partial charge in [0.1, 0.15) is 0 Å². The van der Waals surface area contributed by atoms with Crippen molar-refractivity contribution >= 4 is 13.8 Å². The summed E-state index contributed by atoms with van der Waals surface area (Å²) in [5.41, 5.74) is 0.675. The van der Waals surface area contributed by atoms with E-state index in [1.807, 2.05) is 18.2 Å². The Labute approximate surface area is 119 Å². The molecular formula is C14H20NO4P. The molecule has 0 radical (unpaired) electrons. The lowest BCUT2D eigenvalue weighted by Gasteiger charge is -2.33. The third-order valence-corrected chi connectivity index (χ3v) is 6.22. The molecule has 5 nitrogen and oxygen atoms in total. The van der Waals surface area contributed by atoms with Crippen molar-refractivity contribution in [2.75, 3.05) is 13.2 Å². The minimum Gasteiger partial charge on any atom is -0.623 e. The largest absolute Gasteiger partial charge is 0.623 e. The maximum atomic E-state index is 13.2. The summed E-state index contributed by atoms with van der Waals surface area (Å²) in [4.78, 5) is 0. The average Bonchev–Trinajstić information content (AvgIpc) is 2.83. The van der Waals surface area contributed by atoms with Crippen molar-refractivity contribution in [3.63, 3.8) is 0 Å². The van der Waals surface area contributed by atoms with Gasteiger partial charge < -0.3 is 14.3 Å². The van der Waals surface area contributed by atoms with Crippen molar-refractivity contribution in [2.45, 2.75) is 32.0 Å². The summed E-state index contributed by atoms with van der Waals surface area (Å²) in [5, 5.41) is 11.2. The number of nitrogens with zero attached hydrogens (tertiary/aromatic N) is 1. The Morgan fingerprint density at radius 1 is 1.25 bits per heavy atom. The molecule has 0 aromatic heterocycles. The van der Waals surface area contributed by atoms with E-state index in [9.17, 15) is 9.77 Å². The van der Waals surface area contributed by atoms with E-state index in [0.717, 1.165) is 4.74 Å². The van der Waals surface area contributed by atoms with Crippen LogP contribution in [0.4, 0.5) is 0 Å². The van der Waals surface area contributed by atoms with Gasteiger partial charge in [-0.1, -0.05) is 30.3 Å². The van der Waals surface area contributed by atoms with Gasteiger partial charge in [-0.15, -0.1) is 0 Å². The predicted octanol–water partition coefficient (Wildman–Crippen LogP) is 3.48. The highest BCUT2D eigenvalue weighted by Gasteiger charge is 2.61. The van der Waals surface area contributed by atoms with Gasteiger partial charge in [-0.2, -0.15) is 4.74 Å². The molecule has 6 heteroatoms. The van der Waals surface area contributed by atoms with Crippen molar-refractivity contribution in [1.82, 2.24) is 0 Å². The van der Waals surface area contributed by atoms with E-state index >= 15 is 0 Å². The highest BCUT2D eigenvalue weighted by atomic mass is 31.2. The summed E-state index contributed by atoms with van der Waals surface area (Å²) >= 11 is 0. The molecule has 1 aliphatic heterocycles. The van der Waals surface area contributed by atoms with Crippen LogP contribution >= 0.6 is 7.60 Å². The van der Waals surface area contributed by atoms with Crippen LogP contribution in [-0.4, -0.2) is 24.2 Å². The molecule has 0 amide bonds. The van der Waals surface area contributed by atoms with Crippen LogP contribution in [0.25, 0.3) is 0 Å². The molecule has 1 unspecified atom stereocenters. The number of hydroxylamine groups is 1. The minimum absolute atomic E-state index is 0.236. The molecule has 1 aliphatic rings. The quantitative estimate of drug-likeness (QED) is 0.458. The molecule has 1 aromatic carbocycles. The van der Waals surface area contributed by atoms with Crippen LogP contribution in [0.5, 0.6) is 0 Å². The van der Waals surface area contributed by atoms with Gasteiger partial charge in [-0.25, -0.2) is 0 Å². The van der Waals surface area contributed by atoms with Crippen molar-refractivity contribution in [3.05, 3.63) is 41.1 Å². The van der Waals surface area contributed by atoms with Crippen LogP contribution in [0.3, 0.4) is 0 Å². The fourth-order valence-corrected chi connectivity index (χ4v) is 5.00. The molecule has 0 fully saturated rings. The Balaban J connectivity index is 2.59. The van der Waals surface area contributed by atoms with Gasteiger partial charge in [0.25, 0.3) is 5.28 Å². The molecule has 0 saturated heterocycles. The summed E-state index contributed by atoms with van der Waals surface area (Å²) in [6, 6.07) is 9.11. The lowest BCUT2D eigenvalue weighted by Crippen LogP contribution is -2.34. The normalized spacial score (nSPS) is 22.8. The summed E-state index contributed by atoms with van der Waals surface area (Å²) in [6.07, 6.45) is 2.50. The van der Waals surface area contributed by atoms with Gasteiger partial charge in [-0.05, 0) is 13.8 Å². The number of benzene rings is 1. The second-order valence-electron chi connectivity index (χ2n) is 4.56. The fraction of sp³-hybridized carbons (Fsp3) is 0.500. The van der Waals surface area contributed by atoms with Gasteiger partial charge >= 0.3 is 7.60 Å². The topological polar surface area (TPSA) is 61.6 Å². The van der Waals surface area contributed by atoms with E-state index in [1.54, 1.807) is 26.0 Å². The van der Waals surface area contributed by atoms with Crippen LogP contribution in [0.1, 0.15) is 32.3 Å². The highest BCUT2D eigenvalue weighted by Crippen LogP contribution is 2.68. The molecule has 0 bridgehead atoms. The Morgan fingerprint density at radius 2 is 1.85 bits per heavy atom. The van der Waals surface area contributed by atoms with Crippen molar-refractivity contribution < 1.29 is 18.4 Å². The monoisotopic (exact) mass is 297 g/mol. The number of hydrogen-bond donors (Lipinski definition) is 0.